The Balaban J connectivity index is 3.52. The van der Waals surface area contributed by atoms with E-state index in [0.717, 1.165) is 51.4 Å². The Morgan fingerprint density at radius 3 is 1.34 bits per heavy atom. The van der Waals surface area contributed by atoms with Crippen molar-refractivity contribution >= 4 is 11.9 Å². The Kier molecular flexibility index (Phi) is 47.2. The van der Waals surface area contributed by atoms with Crippen LogP contribution in [0.25, 0.3) is 0 Å². The van der Waals surface area contributed by atoms with E-state index >= 15 is 0 Å². The third kappa shape index (κ3) is 45.4. The minimum atomic E-state index is -0.698. The van der Waals surface area contributed by atoms with E-state index in [0.29, 0.717) is 32.3 Å². The molecule has 0 heterocycles. The van der Waals surface area contributed by atoms with E-state index in [1.54, 1.807) is 0 Å². The second-order valence-corrected chi connectivity index (χ2v) is 17.5. The number of rotatable bonds is 47. The summed E-state index contributed by atoms with van der Waals surface area (Å²) in [6.45, 7) is 4.87. The summed E-state index contributed by atoms with van der Waals surface area (Å²) in [7, 11) is 0. The van der Waals surface area contributed by atoms with Crippen molar-refractivity contribution in [2.45, 2.75) is 276 Å². The number of ether oxygens (including phenoxy) is 1. The molecule has 0 saturated heterocycles. The maximum atomic E-state index is 12.4. The van der Waals surface area contributed by atoms with E-state index in [9.17, 15) is 19.8 Å². The fraction of sp³-hybridized carbons (Fsp3) is 0.849. The van der Waals surface area contributed by atoms with Crippen LogP contribution in [-0.2, 0) is 14.3 Å². The van der Waals surface area contributed by atoms with Gasteiger partial charge in [-0.15, -0.1) is 0 Å². The first-order valence-electron chi connectivity index (χ1n) is 25.7. The summed E-state index contributed by atoms with van der Waals surface area (Å²) < 4.78 is 5.46. The van der Waals surface area contributed by atoms with Crippen molar-refractivity contribution in [3.63, 3.8) is 0 Å². The van der Waals surface area contributed by atoms with Crippen molar-refractivity contribution in [1.82, 2.24) is 5.32 Å². The molecule has 0 radical (unpaired) electrons. The van der Waals surface area contributed by atoms with Crippen LogP contribution in [-0.4, -0.2) is 47.4 Å². The number of hydrogen-bond acceptors (Lipinski definition) is 5. The zero-order chi connectivity index (χ0) is 43.0. The molecule has 3 N–H and O–H groups in total. The predicted molar refractivity (Wildman–Crippen MR) is 255 cm³/mol. The predicted octanol–water partition coefficient (Wildman–Crippen LogP) is 15.3. The van der Waals surface area contributed by atoms with Crippen molar-refractivity contribution in [2.24, 2.45) is 0 Å². The molecule has 0 aliphatic rings. The number of carbonyl (C=O) groups excluding carboxylic acids is 2. The van der Waals surface area contributed by atoms with Crippen molar-refractivity contribution in [2.75, 3.05) is 13.2 Å². The van der Waals surface area contributed by atoms with Gasteiger partial charge in [0.25, 0.3) is 0 Å². The molecule has 0 fully saturated rings. The number of nitrogens with one attached hydrogen (secondary N) is 1. The zero-order valence-electron chi connectivity index (χ0n) is 39.2. The summed E-state index contributed by atoms with van der Waals surface area (Å²) >= 11 is 0. The summed E-state index contributed by atoms with van der Waals surface area (Å²) in [5.74, 6) is -0.138. The van der Waals surface area contributed by atoms with Crippen molar-refractivity contribution in [3.8, 4) is 0 Å². The smallest absolute Gasteiger partial charge is 0.305 e. The summed E-state index contributed by atoms with van der Waals surface area (Å²) in [5, 5.41) is 23.0. The quantitative estimate of drug-likeness (QED) is 0.0323. The summed E-state index contributed by atoms with van der Waals surface area (Å²) in [4.78, 5) is 24.4. The van der Waals surface area contributed by atoms with Gasteiger partial charge in [0.15, 0.2) is 0 Å². The van der Waals surface area contributed by atoms with Gasteiger partial charge in [0.1, 0.15) is 0 Å². The monoisotopic (exact) mass is 830 g/mol. The van der Waals surface area contributed by atoms with Crippen molar-refractivity contribution < 1.29 is 24.5 Å². The molecule has 0 bridgehead atoms. The van der Waals surface area contributed by atoms with E-state index in [2.05, 4.69) is 49.5 Å². The molecule has 2 atom stereocenters. The van der Waals surface area contributed by atoms with E-state index in [-0.39, 0.29) is 18.5 Å². The van der Waals surface area contributed by atoms with Gasteiger partial charge in [-0.1, -0.05) is 217 Å². The summed E-state index contributed by atoms with van der Waals surface area (Å²) in [5.41, 5.74) is 0. The van der Waals surface area contributed by atoms with Gasteiger partial charge in [0.2, 0.25) is 5.91 Å². The fourth-order valence-electron chi connectivity index (χ4n) is 7.68. The molecule has 0 aromatic carbocycles. The minimum Gasteiger partial charge on any atom is -0.466 e. The van der Waals surface area contributed by atoms with Crippen LogP contribution in [0.15, 0.2) is 36.5 Å². The van der Waals surface area contributed by atoms with E-state index in [1.807, 2.05) is 6.08 Å². The number of esters is 1. The molecule has 1 amide bonds. The Morgan fingerprint density at radius 1 is 0.475 bits per heavy atom. The molecule has 0 aromatic heterocycles. The SMILES string of the molecule is CCCCCCCCC/C=C\CCCCCCCCCC(=O)OCCCCCCCC/C=C\C/C=C\CCC(=O)NC(CO)C(O)CCCCCCCCCCCCC. The molecule has 6 nitrogen and oxygen atoms in total. The number of allylic oxidation sites excluding steroid dienone is 6. The van der Waals surface area contributed by atoms with Crippen LogP contribution in [0, 0.1) is 0 Å². The molecule has 0 spiro atoms. The Labute approximate surface area is 366 Å². The highest BCUT2D eigenvalue weighted by molar-refractivity contribution is 5.76. The van der Waals surface area contributed by atoms with Gasteiger partial charge in [-0.05, 0) is 70.6 Å². The largest absolute Gasteiger partial charge is 0.466 e. The lowest BCUT2D eigenvalue weighted by molar-refractivity contribution is -0.143. The average molecular weight is 830 g/mol. The first-order valence-corrected chi connectivity index (χ1v) is 25.7. The maximum Gasteiger partial charge on any atom is 0.305 e. The standard InChI is InChI=1S/C53H99NO5/c1-3-5-7-9-11-13-15-16-17-18-19-20-23-27-31-35-39-43-47-53(58)59-48-44-40-36-32-28-24-21-22-26-30-34-38-42-46-52(57)54-50(49-55)51(56)45-41-37-33-29-25-14-12-10-8-6-4-2/h17-18,22,26,34,38,50-51,55-56H,3-16,19-21,23-25,27-33,35-37,39-49H2,1-2H3,(H,54,57)/b18-17-,26-22-,38-34-. The van der Waals surface area contributed by atoms with E-state index < -0.39 is 12.1 Å². The molecule has 6 heteroatoms. The first-order chi connectivity index (χ1) is 29.0. The van der Waals surface area contributed by atoms with Crippen LogP contribution in [0.2, 0.25) is 0 Å². The van der Waals surface area contributed by atoms with Gasteiger partial charge in [0, 0.05) is 12.8 Å². The van der Waals surface area contributed by atoms with Gasteiger partial charge in [-0.25, -0.2) is 0 Å². The second kappa shape index (κ2) is 48.7. The second-order valence-electron chi connectivity index (χ2n) is 17.5. The molecular weight excluding hydrogens is 731 g/mol. The fourth-order valence-corrected chi connectivity index (χ4v) is 7.68. The number of unbranched alkanes of at least 4 members (excludes halogenated alkanes) is 30. The summed E-state index contributed by atoms with van der Waals surface area (Å²) in [6.07, 6.45) is 58.4. The first kappa shape index (κ1) is 57.1. The van der Waals surface area contributed by atoms with Gasteiger partial charge < -0.3 is 20.3 Å². The lowest BCUT2D eigenvalue weighted by atomic mass is 10.0. The van der Waals surface area contributed by atoms with Gasteiger partial charge in [-0.2, -0.15) is 0 Å². The molecule has 2 unspecified atom stereocenters. The molecule has 0 aromatic rings. The van der Waals surface area contributed by atoms with Crippen LogP contribution in [0.1, 0.15) is 264 Å². The van der Waals surface area contributed by atoms with Gasteiger partial charge in [-0.3, -0.25) is 9.59 Å². The molecule has 0 rings (SSSR count). The van der Waals surface area contributed by atoms with Gasteiger partial charge in [0.05, 0.1) is 25.4 Å². The van der Waals surface area contributed by atoms with Crippen LogP contribution in [0.5, 0.6) is 0 Å². The Bertz CT molecular complexity index is 962. The van der Waals surface area contributed by atoms with Crippen molar-refractivity contribution in [3.05, 3.63) is 36.5 Å². The normalized spacial score (nSPS) is 12.9. The molecule has 346 valence electrons. The summed E-state index contributed by atoms with van der Waals surface area (Å²) in [6, 6.07) is -0.584. The van der Waals surface area contributed by atoms with Crippen LogP contribution in [0.3, 0.4) is 0 Å². The van der Waals surface area contributed by atoms with E-state index in [4.69, 9.17) is 4.74 Å². The maximum absolute atomic E-state index is 12.4. The van der Waals surface area contributed by atoms with Gasteiger partial charge >= 0.3 is 5.97 Å². The molecule has 59 heavy (non-hydrogen) atoms. The lowest BCUT2D eigenvalue weighted by Crippen LogP contribution is -2.45. The Morgan fingerprint density at radius 2 is 0.864 bits per heavy atom. The lowest BCUT2D eigenvalue weighted by Gasteiger charge is -2.22. The molecule has 0 aliphatic heterocycles. The number of aliphatic hydroxyl groups is 2. The third-order valence-corrected chi connectivity index (χ3v) is 11.7. The number of aliphatic hydroxyl groups excluding tert-OH is 2. The molecule has 0 aliphatic carbocycles. The van der Waals surface area contributed by atoms with Crippen LogP contribution < -0.4 is 5.32 Å². The number of amides is 1. The highest BCUT2D eigenvalue weighted by Crippen LogP contribution is 2.15. The minimum absolute atomic E-state index is 0.0206. The number of hydrogen-bond donors (Lipinski definition) is 3. The molecular formula is C53H99NO5. The topological polar surface area (TPSA) is 95.9 Å². The highest BCUT2D eigenvalue weighted by atomic mass is 16.5. The highest BCUT2D eigenvalue weighted by Gasteiger charge is 2.19. The van der Waals surface area contributed by atoms with E-state index in [1.165, 1.54) is 173 Å². The zero-order valence-corrected chi connectivity index (χ0v) is 39.2. The Hall–Kier alpha value is -1.92. The number of carbonyl (C=O) groups is 2. The van der Waals surface area contributed by atoms with Crippen LogP contribution in [0.4, 0.5) is 0 Å². The average Bonchev–Trinajstić information content (AvgIpc) is 3.24. The third-order valence-electron chi connectivity index (χ3n) is 11.7. The van der Waals surface area contributed by atoms with Crippen LogP contribution >= 0.6 is 0 Å². The molecule has 0 saturated carbocycles. The van der Waals surface area contributed by atoms with Crippen molar-refractivity contribution in [1.29, 1.82) is 0 Å².